The molecule has 0 aliphatic rings. The second-order valence-electron chi connectivity index (χ2n) is 3.79. The molecule has 0 bridgehead atoms. The minimum Gasteiger partial charge on any atom is -0.480 e. The van der Waals surface area contributed by atoms with Gasteiger partial charge in [0.15, 0.2) is 0 Å². The molecule has 0 aliphatic heterocycles. The largest absolute Gasteiger partial charge is 0.480 e. The van der Waals surface area contributed by atoms with Crippen molar-refractivity contribution in [2.45, 2.75) is 39.3 Å². The molecule has 4 heteroatoms. The fraction of sp³-hybridized carbons (Fsp3) is 0.900. The highest BCUT2D eigenvalue weighted by Gasteiger charge is 2.23. The second kappa shape index (κ2) is 6.79. The molecule has 84 valence electrons. The highest BCUT2D eigenvalue weighted by Crippen LogP contribution is 2.04. The van der Waals surface area contributed by atoms with E-state index < -0.39 is 12.0 Å². The predicted molar refractivity (Wildman–Crippen MR) is 55.4 cm³/mol. The van der Waals surface area contributed by atoms with Gasteiger partial charge in [-0.15, -0.1) is 0 Å². The lowest BCUT2D eigenvalue weighted by atomic mass is 10.0. The SMILES string of the molecule is CCC(COC)NC(C(=O)O)C(C)C. The highest BCUT2D eigenvalue weighted by atomic mass is 16.5. The van der Waals surface area contributed by atoms with Gasteiger partial charge in [-0.05, 0) is 12.3 Å². The van der Waals surface area contributed by atoms with Gasteiger partial charge in [0.2, 0.25) is 0 Å². The predicted octanol–water partition coefficient (Wildman–Crippen LogP) is 1.11. The van der Waals surface area contributed by atoms with Crippen molar-refractivity contribution < 1.29 is 14.6 Å². The average Bonchev–Trinajstić information content (AvgIpc) is 2.10. The van der Waals surface area contributed by atoms with Gasteiger partial charge >= 0.3 is 5.97 Å². The van der Waals surface area contributed by atoms with Crippen LogP contribution < -0.4 is 5.32 Å². The third-order valence-corrected chi connectivity index (χ3v) is 2.21. The van der Waals surface area contributed by atoms with Crippen LogP contribution in [0.1, 0.15) is 27.2 Å². The van der Waals surface area contributed by atoms with E-state index in [1.807, 2.05) is 20.8 Å². The number of carboxylic acid groups (broad SMARTS) is 1. The third kappa shape index (κ3) is 4.58. The summed E-state index contributed by atoms with van der Waals surface area (Å²) in [6.07, 6.45) is 0.865. The number of methoxy groups -OCH3 is 1. The summed E-state index contributed by atoms with van der Waals surface area (Å²) in [5.74, 6) is -0.715. The van der Waals surface area contributed by atoms with Crippen molar-refractivity contribution in [3.8, 4) is 0 Å². The monoisotopic (exact) mass is 203 g/mol. The fourth-order valence-electron chi connectivity index (χ4n) is 1.29. The first kappa shape index (κ1) is 13.4. The quantitative estimate of drug-likeness (QED) is 0.650. The number of hydrogen-bond acceptors (Lipinski definition) is 3. The zero-order valence-electron chi connectivity index (χ0n) is 9.41. The molecule has 0 aromatic heterocycles. The van der Waals surface area contributed by atoms with E-state index in [2.05, 4.69) is 5.32 Å². The lowest BCUT2D eigenvalue weighted by molar-refractivity contribution is -0.141. The van der Waals surface area contributed by atoms with Crippen molar-refractivity contribution in [2.75, 3.05) is 13.7 Å². The maximum atomic E-state index is 10.9. The van der Waals surface area contributed by atoms with E-state index >= 15 is 0 Å². The van der Waals surface area contributed by atoms with Gasteiger partial charge in [-0.1, -0.05) is 20.8 Å². The minimum absolute atomic E-state index is 0.0819. The molecule has 2 unspecified atom stereocenters. The zero-order chi connectivity index (χ0) is 11.1. The molecular weight excluding hydrogens is 182 g/mol. The summed E-state index contributed by atoms with van der Waals surface area (Å²) in [6.45, 7) is 6.35. The van der Waals surface area contributed by atoms with E-state index in [-0.39, 0.29) is 12.0 Å². The molecule has 0 heterocycles. The van der Waals surface area contributed by atoms with Crippen LogP contribution in [0, 0.1) is 5.92 Å². The van der Waals surface area contributed by atoms with Crippen LogP contribution in [-0.2, 0) is 9.53 Å². The van der Waals surface area contributed by atoms with Crippen LogP contribution in [0.4, 0.5) is 0 Å². The Bertz CT molecular complexity index is 171. The Labute approximate surface area is 85.6 Å². The maximum absolute atomic E-state index is 10.9. The summed E-state index contributed by atoms with van der Waals surface area (Å²) < 4.78 is 5.00. The molecule has 0 spiro atoms. The summed E-state index contributed by atoms with van der Waals surface area (Å²) in [4.78, 5) is 10.9. The van der Waals surface area contributed by atoms with Gasteiger partial charge in [0, 0.05) is 13.2 Å². The molecular formula is C10H21NO3. The molecule has 14 heavy (non-hydrogen) atoms. The first-order valence-electron chi connectivity index (χ1n) is 5.00. The third-order valence-electron chi connectivity index (χ3n) is 2.21. The zero-order valence-corrected chi connectivity index (χ0v) is 9.41. The van der Waals surface area contributed by atoms with Crippen LogP contribution in [0.5, 0.6) is 0 Å². The molecule has 0 aromatic carbocycles. The van der Waals surface area contributed by atoms with Crippen molar-refractivity contribution >= 4 is 5.97 Å². The van der Waals surface area contributed by atoms with E-state index in [0.29, 0.717) is 6.61 Å². The van der Waals surface area contributed by atoms with Crippen LogP contribution in [0.3, 0.4) is 0 Å². The highest BCUT2D eigenvalue weighted by molar-refractivity contribution is 5.73. The molecule has 0 saturated heterocycles. The Morgan fingerprint density at radius 3 is 2.36 bits per heavy atom. The lowest BCUT2D eigenvalue weighted by Crippen LogP contribution is -2.47. The fourth-order valence-corrected chi connectivity index (χ4v) is 1.29. The first-order chi connectivity index (χ1) is 6.52. The Balaban J connectivity index is 4.18. The Morgan fingerprint density at radius 2 is 2.07 bits per heavy atom. The van der Waals surface area contributed by atoms with Crippen molar-refractivity contribution in [3.63, 3.8) is 0 Å². The summed E-state index contributed by atoms with van der Waals surface area (Å²) in [7, 11) is 1.62. The Hall–Kier alpha value is -0.610. The number of carboxylic acids is 1. The number of hydrogen-bond donors (Lipinski definition) is 2. The van der Waals surface area contributed by atoms with E-state index in [0.717, 1.165) is 6.42 Å². The molecule has 0 amide bonds. The molecule has 2 N–H and O–H groups in total. The maximum Gasteiger partial charge on any atom is 0.320 e. The van der Waals surface area contributed by atoms with E-state index in [1.54, 1.807) is 7.11 Å². The van der Waals surface area contributed by atoms with Gasteiger partial charge in [0.25, 0.3) is 0 Å². The number of aliphatic carboxylic acids is 1. The molecule has 0 aliphatic carbocycles. The van der Waals surface area contributed by atoms with Crippen molar-refractivity contribution in [2.24, 2.45) is 5.92 Å². The normalized spacial score (nSPS) is 15.5. The molecule has 0 fully saturated rings. The van der Waals surface area contributed by atoms with Crippen LogP contribution in [0.25, 0.3) is 0 Å². The van der Waals surface area contributed by atoms with E-state index in [4.69, 9.17) is 9.84 Å². The summed E-state index contributed by atoms with van der Waals surface area (Å²) >= 11 is 0. The van der Waals surface area contributed by atoms with Gasteiger partial charge in [-0.2, -0.15) is 0 Å². The molecule has 4 nitrogen and oxygen atoms in total. The number of carbonyl (C=O) groups is 1. The van der Waals surface area contributed by atoms with Crippen molar-refractivity contribution in [1.82, 2.24) is 5.32 Å². The van der Waals surface area contributed by atoms with Crippen molar-refractivity contribution in [3.05, 3.63) is 0 Å². The summed E-state index contributed by atoms with van der Waals surface area (Å²) in [6, 6.07) is -0.376. The van der Waals surface area contributed by atoms with E-state index in [9.17, 15) is 4.79 Å². The van der Waals surface area contributed by atoms with Gasteiger partial charge in [-0.25, -0.2) is 0 Å². The minimum atomic E-state index is -0.797. The van der Waals surface area contributed by atoms with Gasteiger partial charge in [0.1, 0.15) is 6.04 Å². The molecule has 0 saturated carbocycles. The standard InChI is InChI=1S/C10H21NO3/c1-5-8(6-14-4)11-9(7(2)3)10(12)13/h7-9,11H,5-6H2,1-4H3,(H,12,13). The Morgan fingerprint density at radius 1 is 1.50 bits per heavy atom. The number of rotatable bonds is 7. The molecule has 0 radical (unpaired) electrons. The van der Waals surface area contributed by atoms with Crippen LogP contribution in [0.15, 0.2) is 0 Å². The first-order valence-corrected chi connectivity index (χ1v) is 5.00. The number of ether oxygens (including phenoxy) is 1. The van der Waals surface area contributed by atoms with Gasteiger partial charge in [0.05, 0.1) is 6.61 Å². The van der Waals surface area contributed by atoms with Crippen LogP contribution in [0.2, 0.25) is 0 Å². The van der Waals surface area contributed by atoms with Crippen molar-refractivity contribution in [1.29, 1.82) is 0 Å². The number of nitrogens with one attached hydrogen (secondary N) is 1. The average molecular weight is 203 g/mol. The van der Waals surface area contributed by atoms with Crippen LogP contribution >= 0.6 is 0 Å². The molecule has 2 atom stereocenters. The second-order valence-corrected chi connectivity index (χ2v) is 3.79. The Kier molecular flexibility index (Phi) is 6.49. The topological polar surface area (TPSA) is 58.6 Å². The van der Waals surface area contributed by atoms with Crippen LogP contribution in [-0.4, -0.2) is 36.9 Å². The van der Waals surface area contributed by atoms with Gasteiger partial charge in [-0.3, -0.25) is 10.1 Å². The summed E-state index contributed by atoms with van der Waals surface area (Å²) in [5.41, 5.74) is 0. The summed E-state index contributed by atoms with van der Waals surface area (Å²) in [5, 5.41) is 12.0. The molecule has 0 aromatic rings. The smallest absolute Gasteiger partial charge is 0.320 e. The van der Waals surface area contributed by atoms with E-state index in [1.165, 1.54) is 0 Å². The lowest BCUT2D eigenvalue weighted by Gasteiger charge is -2.24. The van der Waals surface area contributed by atoms with Gasteiger partial charge < -0.3 is 9.84 Å². The molecule has 0 rings (SSSR count).